The average Bonchev–Trinajstić information content (AvgIpc) is 2.78. The third-order valence-corrected chi connectivity index (χ3v) is 14.4. The fourth-order valence-electron chi connectivity index (χ4n) is 3.04. The van der Waals surface area contributed by atoms with Crippen LogP contribution in [0.1, 0.15) is 52.4 Å². The summed E-state index contributed by atoms with van der Waals surface area (Å²) in [5.74, 6) is 0. The maximum absolute atomic E-state index is 2.67. The molecule has 0 radical (unpaired) electrons. The van der Waals surface area contributed by atoms with Crippen LogP contribution in [0.5, 0.6) is 0 Å². The summed E-state index contributed by atoms with van der Waals surface area (Å²) in [6.45, 7) is 8.62. The molecule has 1 saturated heterocycles. The molecule has 0 unspecified atom stereocenters. The Balaban J connectivity index is 1.98. The van der Waals surface area contributed by atoms with Crippen molar-refractivity contribution < 1.29 is 0 Å². The Hall–Kier alpha value is 0.830. The van der Waals surface area contributed by atoms with Crippen molar-refractivity contribution in [3.8, 4) is 0 Å². The molecule has 0 saturated carbocycles. The first-order valence-electron chi connectivity index (χ1n) is 7.59. The Morgan fingerprint density at radius 3 is 2.06 bits per heavy atom. The van der Waals surface area contributed by atoms with E-state index >= 15 is 0 Å². The van der Waals surface area contributed by atoms with Gasteiger partial charge in [-0.2, -0.15) is 0 Å². The van der Waals surface area contributed by atoms with Crippen LogP contribution in [0.25, 0.3) is 0 Å². The van der Waals surface area contributed by atoms with Gasteiger partial charge in [0.05, 0.1) is 0 Å². The first-order valence-corrected chi connectivity index (χ1v) is 14.6. The van der Waals surface area contributed by atoms with E-state index in [-0.39, 0.29) is 0 Å². The van der Waals surface area contributed by atoms with E-state index in [2.05, 4.69) is 18.7 Å². The van der Waals surface area contributed by atoms with Gasteiger partial charge < -0.3 is 0 Å². The molecular weight excluding hydrogens is 297 g/mol. The van der Waals surface area contributed by atoms with Gasteiger partial charge in [0, 0.05) is 0 Å². The molecule has 0 atom stereocenters. The zero-order valence-electron chi connectivity index (χ0n) is 11.5. The predicted octanol–water partition coefficient (Wildman–Crippen LogP) is 4.18. The molecule has 1 nitrogen and oxygen atoms in total. The Morgan fingerprint density at radius 1 is 0.875 bits per heavy atom. The van der Waals surface area contributed by atoms with E-state index in [1.165, 1.54) is 38.9 Å². The van der Waals surface area contributed by atoms with Gasteiger partial charge in [0.1, 0.15) is 0 Å². The molecule has 0 aromatic rings. The SMILES string of the molecule is CCCN(CCC)CCC[CH2][In]1[CH2]CC[CH2]1. The van der Waals surface area contributed by atoms with E-state index in [1.54, 1.807) is 31.8 Å². The molecule has 1 rings (SSSR count). The Kier molecular flexibility index (Phi) is 9.14. The van der Waals surface area contributed by atoms with Crippen LogP contribution in [0.15, 0.2) is 0 Å². The van der Waals surface area contributed by atoms with E-state index in [0.29, 0.717) is 0 Å². The summed E-state index contributed by atoms with van der Waals surface area (Å²) in [5.41, 5.74) is 0. The molecule has 0 aliphatic carbocycles. The van der Waals surface area contributed by atoms with Crippen molar-refractivity contribution in [2.45, 2.75) is 64.9 Å². The summed E-state index contributed by atoms with van der Waals surface area (Å²) in [5, 5.41) is 0. The summed E-state index contributed by atoms with van der Waals surface area (Å²) < 4.78 is 5.18. The van der Waals surface area contributed by atoms with Crippen molar-refractivity contribution in [1.29, 1.82) is 0 Å². The third kappa shape index (κ3) is 6.54. The number of hydrogen-bond donors (Lipinski definition) is 0. The van der Waals surface area contributed by atoms with Crippen molar-refractivity contribution in [3.05, 3.63) is 0 Å². The monoisotopic (exact) mass is 327 g/mol. The first kappa shape index (κ1) is 14.9. The number of rotatable bonds is 9. The van der Waals surface area contributed by atoms with Crippen LogP contribution in [0.2, 0.25) is 12.5 Å². The van der Waals surface area contributed by atoms with Gasteiger partial charge in [-0.15, -0.1) is 0 Å². The van der Waals surface area contributed by atoms with Crippen LogP contribution in [-0.2, 0) is 0 Å². The van der Waals surface area contributed by atoms with Crippen LogP contribution in [-0.4, -0.2) is 46.0 Å². The minimum absolute atomic E-state index is 0.852. The Labute approximate surface area is 111 Å². The summed E-state index contributed by atoms with van der Waals surface area (Å²) >= 11 is -0.852. The van der Waals surface area contributed by atoms with Crippen LogP contribution in [0.4, 0.5) is 0 Å². The number of hydrogen-bond acceptors (Lipinski definition) is 1. The van der Waals surface area contributed by atoms with Gasteiger partial charge in [-0.25, -0.2) is 0 Å². The van der Waals surface area contributed by atoms with E-state index in [9.17, 15) is 0 Å². The van der Waals surface area contributed by atoms with Crippen molar-refractivity contribution in [2.75, 3.05) is 19.6 Å². The fourth-order valence-corrected chi connectivity index (χ4v) is 12.9. The quantitative estimate of drug-likeness (QED) is 0.574. The molecule has 2 heteroatoms. The van der Waals surface area contributed by atoms with E-state index in [1.807, 2.05) is 0 Å². The maximum atomic E-state index is 2.67. The fraction of sp³-hybridized carbons (Fsp3) is 1.00. The molecule has 1 aliphatic heterocycles. The second kappa shape index (κ2) is 9.82. The van der Waals surface area contributed by atoms with Gasteiger partial charge in [0.2, 0.25) is 0 Å². The van der Waals surface area contributed by atoms with E-state index < -0.39 is 21.4 Å². The standard InChI is InChI=1S/C10H22N.C4H8.In/c1-4-7-10-11(8-5-2)9-6-3;1-3-4-2;/h1,4-10H2,2-3H3;1-4H2;. The number of unbranched alkanes of at least 4 members (excludes halogenated alkanes) is 1. The summed E-state index contributed by atoms with van der Waals surface area (Å²) in [6.07, 6.45) is 8.87. The normalized spacial score (nSPS) is 16.3. The predicted molar refractivity (Wildman–Crippen MR) is 75.7 cm³/mol. The van der Waals surface area contributed by atoms with Gasteiger partial charge in [-0.05, 0) is 0 Å². The van der Waals surface area contributed by atoms with Crippen molar-refractivity contribution in [1.82, 2.24) is 4.90 Å². The zero-order valence-corrected chi connectivity index (χ0v) is 14.8. The third-order valence-electron chi connectivity index (χ3n) is 3.89. The molecule has 0 N–H and O–H groups in total. The summed E-state index contributed by atoms with van der Waals surface area (Å²) in [6, 6.07) is 0. The first-order chi connectivity index (χ1) is 7.86. The molecule has 1 heterocycles. The Bertz CT molecular complexity index is 149. The summed E-state index contributed by atoms with van der Waals surface area (Å²) in [4.78, 5) is 2.67. The second-order valence-electron chi connectivity index (χ2n) is 5.49. The van der Waals surface area contributed by atoms with Gasteiger partial charge in [0.15, 0.2) is 0 Å². The minimum atomic E-state index is -0.852. The molecule has 1 fully saturated rings. The topological polar surface area (TPSA) is 3.24 Å². The molecule has 1 aliphatic rings. The Morgan fingerprint density at radius 2 is 1.50 bits per heavy atom. The van der Waals surface area contributed by atoms with Crippen LogP contribution in [0.3, 0.4) is 0 Å². The molecule has 0 amide bonds. The number of nitrogens with zero attached hydrogens (tertiary/aromatic N) is 1. The molecule has 0 aromatic heterocycles. The average molecular weight is 327 g/mol. The molecule has 0 bridgehead atoms. The van der Waals surface area contributed by atoms with Gasteiger partial charge in [-0.3, -0.25) is 0 Å². The van der Waals surface area contributed by atoms with E-state index in [0.717, 1.165) is 0 Å². The van der Waals surface area contributed by atoms with Gasteiger partial charge in [-0.1, -0.05) is 0 Å². The van der Waals surface area contributed by atoms with Crippen LogP contribution < -0.4 is 0 Å². The molecule has 94 valence electrons. The van der Waals surface area contributed by atoms with Crippen molar-refractivity contribution in [3.63, 3.8) is 0 Å². The van der Waals surface area contributed by atoms with Crippen molar-refractivity contribution >= 4 is 21.4 Å². The molecule has 16 heavy (non-hydrogen) atoms. The van der Waals surface area contributed by atoms with Crippen LogP contribution in [0, 0.1) is 0 Å². The zero-order chi connectivity index (χ0) is 11.6. The second-order valence-corrected chi connectivity index (χ2v) is 15.4. The molecule has 0 aromatic carbocycles. The summed E-state index contributed by atoms with van der Waals surface area (Å²) in [7, 11) is 0. The van der Waals surface area contributed by atoms with E-state index in [4.69, 9.17) is 0 Å². The molecular formula is C14H30InN. The van der Waals surface area contributed by atoms with Crippen molar-refractivity contribution in [2.24, 2.45) is 0 Å². The molecule has 0 spiro atoms. The van der Waals surface area contributed by atoms with Gasteiger partial charge in [0.25, 0.3) is 0 Å². The van der Waals surface area contributed by atoms with Crippen LogP contribution >= 0.6 is 0 Å². The van der Waals surface area contributed by atoms with Gasteiger partial charge >= 0.3 is 111 Å².